The van der Waals surface area contributed by atoms with Crippen LogP contribution in [0.1, 0.15) is 0 Å². The number of hydrogen-bond donors (Lipinski definition) is 0. The van der Waals surface area contributed by atoms with Crippen molar-refractivity contribution in [3.63, 3.8) is 0 Å². The molecule has 0 fully saturated rings. The predicted octanol–water partition coefficient (Wildman–Crippen LogP) is 4.85. The maximum Gasteiger partial charge on any atom is 0.119 e. The fourth-order valence-electron chi connectivity index (χ4n) is 2.11. The number of ether oxygens (including phenoxy) is 1. The van der Waals surface area contributed by atoms with Gasteiger partial charge in [0.15, 0.2) is 0 Å². The van der Waals surface area contributed by atoms with Crippen LogP contribution >= 0.6 is 23.2 Å². The molecule has 0 spiro atoms. The van der Waals surface area contributed by atoms with E-state index in [1.165, 1.54) is 0 Å². The number of nitrogens with zero attached hydrogens (tertiary/aromatic N) is 2. The van der Waals surface area contributed by atoms with Crippen molar-refractivity contribution in [1.29, 1.82) is 0 Å². The fourth-order valence-corrected chi connectivity index (χ4v) is 2.40. The molecule has 106 valence electrons. The molecule has 0 radical (unpaired) electrons. The maximum absolute atomic E-state index is 6.09. The van der Waals surface area contributed by atoms with Gasteiger partial charge in [0.25, 0.3) is 0 Å². The van der Waals surface area contributed by atoms with Crippen LogP contribution in [-0.4, -0.2) is 16.9 Å². The van der Waals surface area contributed by atoms with Gasteiger partial charge in [0.05, 0.1) is 34.7 Å². The lowest BCUT2D eigenvalue weighted by atomic mass is 10.1. The second-order valence-corrected chi connectivity index (χ2v) is 5.27. The van der Waals surface area contributed by atoms with Gasteiger partial charge in [-0.05, 0) is 42.5 Å². The molecule has 0 aliphatic heterocycles. The molecule has 1 heterocycles. The lowest BCUT2D eigenvalue weighted by Crippen LogP contribution is -1.98. The van der Waals surface area contributed by atoms with Gasteiger partial charge in [-0.2, -0.15) is 5.10 Å². The Morgan fingerprint density at radius 1 is 0.952 bits per heavy atom. The van der Waals surface area contributed by atoms with E-state index >= 15 is 0 Å². The molecule has 0 saturated carbocycles. The zero-order valence-electron chi connectivity index (χ0n) is 11.3. The van der Waals surface area contributed by atoms with Gasteiger partial charge in [-0.1, -0.05) is 29.3 Å². The third kappa shape index (κ3) is 2.75. The first-order valence-corrected chi connectivity index (χ1v) is 7.08. The molecule has 2 aromatic carbocycles. The molecule has 3 aromatic rings. The smallest absolute Gasteiger partial charge is 0.119 e. The van der Waals surface area contributed by atoms with Crippen molar-refractivity contribution in [1.82, 2.24) is 9.78 Å². The summed E-state index contributed by atoms with van der Waals surface area (Å²) in [7, 11) is 1.64. The third-order valence-corrected chi connectivity index (χ3v) is 3.91. The van der Waals surface area contributed by atoms with E-state index in [1.54, 1.807) is 19.4 Å². The van der Waals surface area contributed by atoms with Gasteiger partial charge in [-0.15, -0.1) is 0 Å². The summed E-state index contributed by atoms with van der Waals surface area (Å²) < 4.78 is 7.01. The van der Waals surface area contributed by atoms with E-state index in [0.717, 1.165) is 22.7 Å². The van der Waals surface area contributed by atoms with E-state index in [0.29, 0.717) is 10.0 Å². The van der Waals surface area contributed by atoms with Crippen LogP contribution in [-0.2, 0) is 0 Å². The van der Waals surface area contributed by atoms with Gasteiger partial charge < -0.3 is 4.74 Å². The van der Waals surface area contributed by atoms with Crippen molar-refractivity contribution in [2.24, 2.45) is 0 Å². The number of rotatable bonds is 3. The van der Waals surface area contributed by atoms with Crippen LogP contribution in [0.3, 0.4) is 0 Å². The summed E-state index contributed by atoms with van der Waals surface area (Å²) in [6.07, 6.45) is 1.75. The first kappa shape index (κ1) is 14.0. The number of methoxy groups -OCH3 is 1. The predicted molar refractivity (Wildman–Crippen MR) is 85.6 cm³/mol. The SMILES string of the molecule is COc1ccc(-n2nccc2-c2ccc(Cl)c(Cl)c2)cc1. The van der Waals surface area contributed by atoms with Gasteiger partial charge in [-0.25, -0.2) is 4.68 Å². The Morgan fingerprint density at radius 3 is 2.38 bits per heavy atom. The lowest BCUT2D eigenvalue weighted by Gasteiger charge is -2.09. The summed E-state index contributed by atoms with van der Waals surface area (Å²) in [5, 5.41) is 5.43. The van der Waals surface area contributed by atoms with Crippen LogP contribution in [0.15, 0.2) is 54.7 Å². The fraction of sp³-hybridized carbons (Fsp3) is 0.0625. The molecule has 0 bridgehead atoms. The molecule has 0 atom stereocenters. The van der Waals surface area contributed by atoms with E-state index in [2.05, 4.69) is 5.10 Å². The van der Waals surface area contributed by atoms with E-state index in [9.17, 15) is 0 Å². The summed E-state index contributed by atoms with van der Waals surface area (Å²) in [6.45, 7) is 0. The molecule has 21 heavy (non-hydrogen) atoms. The van der Waals surface area contributed by atoms with Gasteiger partial charge >= 0.3 is 0 Å². The minimum Gasteiger partial charge on any atom is -0.497 e. The molecular weight excluding hydrogens is 307 g/mol. The topological polar surface area (TPSA) is 27.1 Å². The third-order valence-electron chi connectivity index (χ3n) is 3.18. The summed E-state index contributed by atoms with van der Waals surface area (Å²) in [5.74, 6) is 0.807. The zero-order chi connectivity index (χ0) is 14.8. The van der Waals surface area contributed by atoms with Crippen molar-refractivity contribution < 1.29 is 4.74 Å². The van der Waals surface area contributed by atoms with Gasteiger partial charge in [0.1, 0.15) is 5.75 Å². The quantitative estimate of drug-likeness (QED) is 0.690. The first-order valence-electron chi connectivity index (χ1n) is 6.33. The summed E-state index contributed by atoms with van der Waals surface area (Å²) in [5.41, 5.74) is 2.85. The highest BCUT2D eigenvalue weighted by Gasteiger charge is 2.09. The van der Waals surface area contributed by atoms with Crippen LogP contribution < -0.4 is 4.74 Å². The number of halogens is 2. The summed E-state index contributed by atoms with van der Waals surface area (Å²) >= 11 is 12.1. The number of benzene rings is 2. The van der Waals surface area contributed by atoms with E-state index in [-0.39, 0.29) is 0 Å². The standard InChI is InChI=1S/C16H12Cl2N2O/c1-21-13-5-3-12(4-6-13)20-16(8-9-19-20)11-2-7-14(17)15(18)10-11/h2-10H,1H3. The summed E-state index contributed by atoms with van der Waals surface area (Å²) in [4.78, 5) is 0. The Balaban J connectivity index is 2.05. The second-order valence-electron chi connectivity index (χ2n) is 4.46. The van der Waals surface area contributed by atoms with Crippen LogP contribution in [0, 0.1) is 0 Å². The Morgan fingerprint density at radius 2 is 1.71 bits per heavy atom. The van der Waals surface area contributed by atoms with Crippen LogP contribution in [0.2, 0.25) is 10.0 Å². The highest BCUT2D eigenvalue weighted by molar-refractivity contribution is 6.42. The van der Waals surface area contributed by atoms with Crippen molar-refractivity contribution in [2.75, 3.05) is 7.11 Å². The Bertz CT molecular complexity index is 766. The Hall–Kier alpha value is -1.97. The maximum atomic E-state index is 6.09. The molecule has 5 heteroatoms. The molecule has 0 saturated heterocycles. The first-order chi connectivity index (χ1) is 10.2. The van der Waals surface area contributed by atoms with E-state index in [1.807, 2.05) is 47.1 Å². The molecule has 3 rings (SSSR count). The van der Waals surface area contributed by atoms with Crippen LogP contribution in [0.25, 0.3) is 16.9 Å². The monoisotopic (exact) mass is 318 g/mol. The molecular formula is C16H12Cl2N2O. The molecule has 3 nitrogen and oxygen atoms in total. The van der Waals surface area contributed by atoms with Crippen molar-refractivity contribution >= 4 is 23.2 Å². The van der Waals surface area contributed by atoms with Gasteiger partial charge in [0.2, 0.25) is 0 Å². The molecule has 0 amide bonds. The average molecular weight is 319 g/mol. The lowest BCUT2D eigenvalue weighted by molar-refractivity contribution is 0.414. The minimum absolute atomic E-state index is 0.525. The minimum atomic E-state index is 0.525. The molecule has 1 aromatic heterocycles. The molecule has 0 N–H and O–H groups in total. The normalized spacial score (nSPS) is 10.6. The second kappa shape index (κ2) is 5.80. The van der Waals surface area contributed by atoms with Gasteiger partial charge in [-0.3, -0.25) is 0 Å². The molecule has 0 unspecified atom stereocenters. The molecule has 0 aliphatic rings. The largest absolute Gasteiger partial charge is 0.497 e. The number of aromatic nitrogens is 2. The van der Waals surface area contributed by atoms with Gasteiger partial charge in [0, 0.05) is 5.56 Å². The van der Waals surface area contributed by atoms with Crippen molar-refractivity contribution in [3.8, 4) is 22.7 Å². The number of hydrogen-bond acceptors (Lipinski definition) is 2. The van der Waals surface area contributed by atoms with Crippen molar-refractivity contribution in [3.05, 3.63) is 64.8 Å². The zero-order valence-corrected chi connectivity index (χ0v) is 12.8. The van der Waals surface area contributed by atoms with Crippen LogP contribution in [0.5, 0.6) is 5.75 Å². The highest BCUT2D eigenvalue weighted by Crippen LogP contribution is 2.29. The Kier molecular flexibility index (Phi) is 3.86. The highest BCUT2D eigenvalue weighted by atomic mass is 35.5. The van der Waals surface area contributed by atoms with E-state index in [4.69, 9.17) is 27.9 Å². The average Bonchev–Trinajstić information content (AvgIpc) is 2.99. The molecule has 0 aliphatic carbocycles. The van der Waals surface area contributed by atoms with Crippen molar-refractivity contribution in [2.45, 2.75) is 0 Å². The summed E-state index contributed by atoms with van der Waals surface area (Å²) in [6, 6.07) is 15.2. The van der Waals surface area contributed by atoms with E-state index < -0.39 is 0 Å². The van der Waals surface area contributed by atoms with Crippen LogP contribution in [0.4, 0.5) is 0 Å². The Labute approximate surface area is 132 Å².